The van der Waals surface area contributed by atoms with Gasteiger partial charge in [0.1, 0.15) is 4.90 Å². The van der Waals surface area contributed by atoms with Gasteiger partial charge in [-0.15, -0.1) is 13.2 Å². The summed E-state index contributed by atoms with van der Waals surface area (Å²) < 4.78 is 68.8. The second-order valence-corrected chi connectivity index (χ2v) is 8.81. The lowest BCUT2D eigenvalue weighted by Gasteiger charge is -2.31. The largest absolute Gasteiger partial charge is 0.574 e. The summed E-state index contributed by atoms with van der Waals surface area (Å²) in [6, 6.07) is 8.08. The maximum absolute atomic E-state index is 12.8. The minimum atomic E-state index is -4.91. The number of hydrogen-bond donors (Lipinski definition) is 2. The van der Waals surface area contributed by atoms with Gasteiger partial charge in [-0.1, -0.05) is 23.7 Å². The Hall–Kier alpha value is -1.92. The minimum absolute atomic E-state index is 0.267. The van der Waals surface area contributed by atoms with Gasteiger partial charge in [-0.3, -0.25) is 4.90 Å². The van der Waals surface area contributed by atoms with E-state index in [9.17, 15) is 21.6 Å². The Morgan fingerprint density at radius 1 is 1.17 bits per heavy atom. The summed E-state index contributed by atoms with van der Waals surface area (Å²) >= 11 is 5.94. The van der Waals surface area contributed by atoms with E-state index in [0.29, 0.717) is 17.1 Å². The van der Waals surface area contributed by atoms with Crippen LogP contribution in [0.5, 0.6) is 5.88 Å². The highest BCUT2D eigenvalue weighted by atomic mass is 35.5. The van der Waals surface area contributed by atoms with E-state index in [1.807, 2.05) is 0 Å². The number of nitrogens with one attached hydrogen (secondary N) is 2. The van der Waals surface area contributed by atoms with E-state index in [4.69, 9.17) is 11.6 Å². The molecule has 2 aromatic rings. The fourth-order valence-electron chi connectivity index (χ4n) is 3.02. The molecule has 164 valence electrons. The quantitative estimate of drug-likeness (QED) is 0.655. The summed E-state index contributed by atoms with van der Waals surface area (Å²) in [7, 11) is -4.05. The average Bonchev–Trinajstić information content (AvgIpc) is 2.68. The Bertz CT molecular complexity index is 935. The maximum Gasteiger partial charge on any atom is 0.574 e. The van der Waals surface area contributed by atoms with Crippen LogP contribution < -0.4 is 14.8 Å². The van der Waals surface area contributed by atoms with Crippen molar-refractivity contribution < 1.29 is 26.3 Å². The highest BCUT2D eigenvalue weighted by molar-refractivity contribution is 7.89. The van der Waals surface area contributed by atoms with Crippen molar-refractivity contribution in [3.05, 3.63) is 53.2 Å². The molecule has 0 unspecified atom stereocenters. The standard InChI is InChI=1S/C18H20ClF3N4O3S/c19-14-3-1-13(2-4-14)16(12-26-9-7-23-8-10-26)25-30(27,28)15-5-6-17(24-11-15)29-18(20,21)22/h1-6,11,16,23,25H,7-10,12H2/t16-/m1/s1. The molecule has 1 aromatic heterocycles. The van der Waals surface area contributed by atoms with Crippen molar-refractivity contribution in [2.45, 2.75) is 17.3 Å². The Morgan fingerprint density at radius 3 is 2.40 bits per heavy atom. The molecule has 12 heteroatoms. The zero-order valence-electron chi connectivity index (χ0n) is 15.7. The van der Waals surface area contributed by atoms with Crippen LogP contribution in [-0.4, -0.2) is 57.4 Å². The molecule has 1 aliphatic heterocycles. The molecule has 1 atom stereocenters. The van der Waals surface area contributed by atoms with E-state index in [1.54, 1.807) is 24.3 Å². The number of rotatable bonds is 7. The lowest BCUT2D eigenvalue weighted by Crippen LogP contribution is -2.47. The first-order valence-electron chi connectivity index (χ1n) is 9.05. The Balaban J connectivity index is 1.80. The Labute approximate surface area is 177 Å². The van der Waals surface area contributed by atoms with Crippen molar-refractivity contribution in [1.82, 2.24) is 19.9 Å². The number of pyridine rings is 1. The third-order valence-electron chi connectivity index (χ3n) is 4.46. The van der Waals surface area contributed by atoms with Gasteiger partial charge in [-0.05, 0) is 23.8 Å². The Morgan fingerprint density at radius 2 is 1.83 bits per heavy atom. The second-order valence-electron chi connectivity index (χ2n) is 6.66. The van der Waals surface area contributed by atoms with E-state index >= 15 is 0 Å². The lowest BCUT2D eigenvalue weighted by atomic mass is 10.1. The highest BCUT2D eigenvalue weighted by Crippen LogP contribution is 2.24. The molecule has 7 nitrogen and oxygen atoms in total. The molecule has 3 rings (SSSR count). The monoisotopic (exact) mass is 464 g/mol. The summed E-state index contributed by atoms with van der Waals surface area (Å²) in [6.45, 7) is 3.54. The molecule has 1 saturated heterocycles. The van der Waals surface area contributed by atoms with Crippen LogP contribution in [0, 0.1) is 0 Å². The molecule has 0 aliphatic carbocycles. The molecule has 1 fully saturated rings. The normalized spacial score (nSPS) is 16.9. The van der Waals surface area contributed by atoms with Gasteiger partial charge < -0.3 is 10.1 Å². The van der Waals surface area contributed by atoms with Crippen molar-refractivity contribution >= 4 is 21.6 Å². The van der Waals surface area contributed by atoms with Gasteiger partial charge in [-0.25, -0.2) is 18.1 Å². The predicted octanol–water partition coefficient (Wildman–Crippen LogP) is 2.56. The fraction of sp³-hybridized carbons (Fsp3) is 0.389. The molecular weight excluding hydrogens is 445 g/mol. The molecule has 2 N–H and O–H groups in total. The third kappa shape index (κ3) is 6.54. The van der Waals surface area contributed by atoms with E-state index < -0.39 is 28.3 Å². The topological polar surface area (TPSA) is 83.6 Å². The van der Waals surface area contributed by atoms with Gasteiger partial charge in [0.05, 0.1) is 12.2 Å². The van der Waals surface area contributed by atoms with Crippen molar-refractivity contribution in [2.75, 3.05) is 32.7 Å². The van der Waals surface area contributed by atoms with E-state index in [-0.39, 0.29) is 4.90 Å². The number of halogens is 4. The van der Waals surface area contributed by atoms with Crippen molar-refractivity contribution in [2.24, 2.45) is 0 Å². The number of nitrogens with zero attached hydrogens (tertiary/aromatic N) is 2. The van der Waals surface area contributed by atoms with E-state index in [1.165, 1.54) is 0 Å². The van der Waals surface area contributed by atoms with Crippen LogP contribution in [0.25, 0.3) is 0 Å². The third-order valence-corrected chi connectivity index (χ3v) is 6.17. The van der Waals surface area contributed by atoms with Crippen LogP contribution in [-0.2, 0) is 10.0 Å². The Kier molecular flexibility index (Phi) is 7.19. The van der Waals surface area contributed by atoms with Gasteiger partial charge in [0.2, 0.25) is 15.9 Å². The summed E-state index contributed by atoms with van der Waals surface area (Å²) in [4.78, 5) is 5.29. The van der Waals surface area contributed by atoms with Crippen LogP contribution in [0.15, 0.2) is 47.5 Å². The second kappa shape index (κ2) is 9.48. The number of alkyl halides is 3. The fourth-order valence-corrected chi connectivity index (χ4v) is 4.30. The van der Waals surface area contributed by atoms with E-state index in [0.717, 1.165) is 44.5 Å². The van der Waals surface area contributed by atoms with Gasteiger partial charge in [0, 0.05) is 43.8 Å². The van der Waals surface area contributed by atoms with E-state index in [2.05, 4.69) is 24.7 Å². The van der Waals surface area contributed by atoms with Gasteiger partial charge >= 0.3 is 6.36 Å². The van der Waals surface area contributed by atoms with Gasteiger partial charge in [0.15, 0.2) is 0 Å². The first kappa shape index (κ1) is 22.8. The minimum Gasteiger partial charge on any atom is -0.388 e. The van der Waals surface area contributed by atoms with Crippen LogP contribution in [0.1, 0.15) is 11.6 Å². The van der Waals surface area contributed by atoms with Gasteiger partial charge in [0.25, 0.3) is 0 Å². The molecular formula is C18H20ClF3N4O3S. The summed E-state index contributed by atoms with van der Waals surface area (Å²) in [5, 5.41) is 3.75. The van der Waals surface area contributed by atoms with Crippen LogP contribution >= 0.6 is 11.6 Å². The average molecular weight is 465 g/mol. The van der Waals surface area contributed by atoms with Crippen LogP contribution in [0.3, 0.4) is 0 Å². The van der Waals surface area contributed by atoms with Crippen molar-refractivity contribution in [3.8, 4) is 5.88 Å². The molecule has 30 heavy (non-hydrogen) atoms. The molecule has 0 amide bonds. The summed E-state index contributed by atoms with van der Waals surface area (Å²) in [6.07, 6.45) is -4.08. The summed E-state index contributed by atoms with van der Waals surface area (Å²) in [5.41, 5.74) is 0.714. The molecule has 0 saturated carbocycles. The number of benzene rings is 1. The maximum atomic E-state index is 12.8. The number of hydrogen-bond acceptors (Lipinski definition) is 6. The van der Waals surface area contributed by atoms with Crippen LogP contribution in [0.4, 0.5) is 13.2 Å². The van der Waals surface area contributed by atoms with Crippen molar-refractivity contribution in [1.29, 1.82) is 0 Å². The number of aromatic nitrogens is 1. The van der Waals surface area contributed by atoms with Crippen LogP contribution in [0.2, 0.25) is 5.02 Å². The number of ether oxygens (including phenoxy) is 1. The predicted molar refractivity (Wildman–Crippen MR) is 105 cm³/mol. The molecule has 0 bridgehead atoms. The number of sulfonamides is 1. The summed E-state index contributed by atoms with van der Waals surface area (Å²) in [5.74, 6) is -0.739. The highest BCUT2D eigenvalue weighted by Gasteiger charge is 2.32. The molecule has 0 radical (unpaired) electrons. The van der Waals surface area contributed by atoms with Gasteiger partial charge in [-0.2, -0.15) is 0 Å². The number of piperazine rings is 1. The zero-order valence-corrected chi connectivity index (χ0v) is 17.3. The smallest absolute Gasteiger partial charge is 0.388 e. The zero-order chi connectivity index (χ0) is 21.8. The lowest BCUT2D eigenvalue weighted by molar-refractivity contribution is -0.276. The first-order chi connectivity index (χ1) is 14.1. The SMILES string of the molecule is O=S(=O)(N[C@H](CN1CCNCC1)c1ccc(Cl)cc1)c1ccc(OC(F)(F)F)nc1. The molecule has 2 heterocycles. The first-order valence-corrected chi connectivity index (χ1v) is 10.9. The molecule has 1 aliphatic rings. The molecule has 0 spiro atoms. The van der Waals surface area contributed by atoms with Crippen molar-refractivity contribution in [3.63, 3.8) is 0 Å². The molecule has 1 aromatic carbocycles.